The molecule has 1 N–H and O–H groups in total. The predicted octanol–water partition coefficient (Wildman–Crippen LogP) is 3.34. The first kappa shape index (κ1) is 13.7. The Labute approximate surface area is 115 Å². The lowest BCUT2D eigenvalue weighted by Gasteiger charge is -2.20. The highest BCUT2D eigenvalue weighted by atomic mass is 15.0. The van der Waals surface area contributed by atoms with E-state index in [-0.39, 0.29) is 5.54 Å². The second kappa shape index (κ2) is 5.49. The van der Waals surface area contributed by atoms with Crippen molar-refractivity contribution in [1.29, 1.82) is 0 Å². The lowest BCUT2D eigenvalue weighted by molar-refractivity contribution is 0.421. The minimum Gasteiger partial charge on any atom is -0.306 e. The molecular weight excluding hydrogens is 234 g/mol. The highest BCUT2D eigenvalue weighted by Gasteiger charge is 2.09. The number of hydrogen-bond donors (Lipinski definition) is 1. The SMILES string of the molecule is Cc1cccc(-c2nccc(CNC(C)(C)C)n2)c1. The Hall–Kier alpha value is -1.74. The molecule has 0 atom stereocenters. The quantitative estimate of drug-likeness (QED) is 0.914. The van der Waals surface area contributed by atoms with E-state index in [1.54, 1.807) is 0 Å². The Bertz CT molecular complexity index is 556. The number of benzene rings is 1. The van der Waals surface area contributed by atoms with E-state index in [9.17, 15) is 0 Å². The van der Waals surface area contributed by atoms with E-state index in [1.807, 2.05) is 24.4 Å². The fraction of sp³-hybridized carbons (Fsp3) is 0.375. The molecule has 0 fully saturated rings. The third-order valence-corrected chi connectivity index (χ3v) is 2.79. The molecule has 2 aromatic rings. The standard InChI is InChI=1S/C16H21N3/c1-12-6-5-7-13(10-12)15-17-9-8-14(19-15)11-18-16(2,3)4/h5-10,18H,11H2,1-4H3. The van der Waals surface area contributed by atoms with E-state index in [0.29, 0.717) is 0 Å². The summed E-state index contributed by atoms with van der Waals surface area (Å²) in [6, 6.07) is 10.2. The molecule has 0 aliphatic rings. The molecule has 3 heteroatoms. The number of hydrogen-bond acceptors (Lipinski definition) is 3. The van der Waals surface area contributed by atoms with Crippen LogP contribution in [0.3, 0.4) is 0 Å². The number of rotatable bonds is 3. The van der Waals surface area contributed by atoms with Crippen LogP contribution in [-0.2, 0) is 6.54 Å². The van der Waals surface area contributed by atoms with Crippen molar-refractivity contribution in [3.8, 4) is 11.4 Å². The molecule has 100 valence electrons. The number of aryl methyl sites for hydroxylation is 1. The van der Waals surface area contributed by atoms with Crippen LogP contribution in [0, 0.1) is 6.92 Å². The van der Waals surface area contributed by atoms with Gasteiger partial charge in [-0.1, -0.05) is 23.8 Å². The Morgan fingerprint density at radius 1 is 1.16 bits per heavy atom. The second-order valence-corrected chi connectivity index (χ2v) is 5.84. The molecule has 0 saturated heterocycles. The van der Waals surface area contributed by atoms with E-state index in [1.165, 1.54) is 5.56 Å². The molecule has 0 saturated carbocycles. The predicted molar refractivity (Wildman–Crippen MR) is 78.8 cm³/mol. The van der Waals surface area contributed by atoms with Gasteiger partial charge in [0.2, 0.25) is 0 Å². The summed E-state index contributed by atoms with van der Waals surface area (Å²) in [7, 11) is 0. The lowest BCUT2D eigenvalue weighted by atomic mass is 10.1. The second-order valence-electron chi connectivity index (χ2n) is 5.84. The molecule has 0 aliphatic carbocycles. The summed E-state index contributed by atoms with van der Waals surface area (Å²) in [5.74, 6) is 0.789. The topological polar surface area (TPSA) is 37.8 Å². The normalized spacial score (nSPS) is 11.6. The highest BCUT2D eigenvalue weighted by molar-refractivity contribution is 5.55. The van der Waals surface area contributed by atoms with Crippen molar-refractivity contribution in [1.82, 2.24) is 15.3 Å². The summed E-state index contributed by atoms with van der Waals surface area (Å²) in [5.41, 5.74) is 3.40. The summed E-state index contributed by atoms with van der Waals surface area (Å²) in [6.45, 7) is 9.28. The molecule has 3 nitrogen and oxygen atoms in total. The molecule has 0 spiro atoms. The monoisotopic (exact) mass is 255 g/mol. The first-order chi connectivity index (χ1) is 8.94. The van der Waals surface area contributed by atoms with Crippen LogP contribution in [0.1, 0.15) is 32.0 Å². The largest absolute Gasteiger partial charge is 0.306 e. The van der Waals surface area contributed by atoms with Gasteiger partial charge in [0.1, 0.15) is 0 Å². The van der Waals surface area contributed by atoms with Gasteiger partial charge in [-0.2, -0.15) is 0 Å². The third-order valence-electron chi connectivity index (χ3n) is 2.79. The van der Waals surface area contributed by atoms with E-state index < -0.39 is 0 Å². The average Bonchev–Trinajstić information content (AvgIpc) is 2.36. The first-order valence-corrected chi connectivity index (χ1v) is 6.58. The zero-order valence-electron chi connectivity index (χ0n) is 12.1. The zero-order chi connectivity index (χ0) is 13.9. The minimum atomic E-state index is 0.0917. The maximum Gasteiger partial charge on any atom is 0.159 e. The van der Waals surface area contributed by atoms with Gasteiger partial charge in [-0.25, -0.2) is 9.97 Å². The van der Waals surface area contributed by atoms with Crippen molar-refractivity contribution in [2.45, 2.75) is 39.8 Å². The van der Waals surface area contributed by atoms with Gasteiger partial charge >= 0.3 is 0 Å². The Morgan fingerprint density at radius 3 is 2.63 bits per heavy atom. The van der Waals surface area contributed by atoms with Gasteiger partial charge in [0.25, 0.3) is 0 Å². The van der Waals surface area contributed by atoms with Crippen LogP contribution < -0.4 is 5.32 Å². The molecule has 0 radical (unpaired) electrons. The maximum atomic E-state index is 4.61. The van der Waals surface area contributed by atoms with Gasteiger partial charge in [-0.15, -0.1) is 0 Å². The van der Waals surface area contributed by atoms with Gasteiger partial charge in [-0.3, -0.25) is 0 Å². The molecular formula is C16H21N3. The van der Waals surface area contributed by atoms with Crippen molar-refractivity contribution in [3.05, 3.63) is 47.8 Å². The number of nitrogens with one attached hydrogen (secondary N) is 1. The molecule has 0 unspecified atom stereocenters. The third kappa shape index (κ3) is 4.14. The number of nitrogens with zero attached hydrogens (tertiary/aromatic N) is 2. The maximum absolute atomic E-state index is 4.61. The molecule has 19 heavy (non-hydrogen) atoms. The van der Waals surface area contributed by atoms with Crippen molar-refractivity contribution in [3.63, 3.8) is 0 Å². The van der Waals surface area contributed by atoms with Gasteiger partial charge in [0.15, 0.2) is 5.82 Å². The molecule has 0 aliphatic heterocycles. The Balaban J connectivity index is 2.20. The van der Waals surface area contributed by atoms with Crippen LogP contribution in [0.25, 0.3) is 11.4 Å². The van der Waals surface area contributed by atoms with E-state index in [0.717, 1.165) is 23.6 Å². The highest BCUT2D eigenvalue weighted by Crippen LogP contribution is 2.16. The van der Waals surface area contributed by atoms with Gasteiger partial charge in [-0.05, 0) is 39.8 Å². The van der Waals surface area contributed by atoms with Crippen LogP contribution in [0.5, 0.6) is 0 Å². The van der Waals surface area contributed by atoms with E-state index in [2.05, 4.69) is 55.1 Å². The van der Waals surface area contributed by atoms with Crippen LogP contribution in [0.4, 0.5) is 0 Å². The Kier molecular flexibility index (Phi) is 3.96. The minimum absolute atomic E-state index is 0.0917. The summed E-state index contributed by atoms with van der Waals surface area (Å²) in [5, 5.41) is 3.44. The fourth-order valence-corrected chi connectivity index (χ4v) is 1.77. The molecule has 1 aromatic carbocycles. The van der Waals surface area contributed by atoms with E-state index >= 15 is 0 Å². The molecule has 1 aromatic heterocycles. The molecule has 0 amide bonds. The van der Waals surface area contributed by atoms with Gasteiger partial charge in [0, 0.05) is 23.8 Å². The van der Waals surface area contributed by atoms with Crippen molar-refractivity contribution in [2.24, 2.45) is 0 Å². The summed E-state index contributed by atoms with van der Waals surface area (Å²) < 4.78 is 0. The average molecular weight is 255 g/mol. The van der Waals surface area contributed by atoms with Gasteiger partial charge < -0.3 is 5.32 Å². The molecule has 0 bridgehead atoms. The first-order valence-electron chi connectivity index (χ1n) is 6.58. The Morgan fingerprint density at radius 2 is 1.95 bits per heavy atom. The van der Waals surface area contributed by atoms with Crippen molar-refractivity contribution in [2.75, 3.05) is 0 Å². The van der Waals surface area contributed by atoms with E-state index in [4.69, 9.17) is 0 Å². The molecule has 2 rings (SSSR count). The fourth-order valence-electron chi connectivity index (χ4n) is 1.77. The van der Waals surface area contributed by atoms with Crippen molar-refractivity contribution >= 4 is 0 Å². The summed E-state index contributed by atoms with van der Waals surface area (Å²) in [6.07, 6.45) is 1.82. The zero-order valence-corrected chi connectivity index (χ0v) is 12.1. The van der Waals surface area contributed by atoms with Gasteiger partial charge in [0.05, 0.1) is 5.69 Å². The molecule has 1 heterocycles. The smallest absolute Gasteiger partial charge is 0.159 e. The van der Waals surface area contributed by atoms with Crippen molar-refractivity contribution < 1.29 is 0 Å². The number of aromatic nitrogens is 2. The van der Waals surface area contributed by atoms with Crippen LogP contribution in [0.15, 0.2) is 36.5 Å². The summed E-state index contributed by atoms with van der Waals surface area (Å²) >= 11 is 0. The van der Waals surface area contributed by atoms with Crippen LogP contribution in [0.2, 0.25) is 0 Å². The van der Waals surface area contributed by atoms with Crippen LogP contribution >= 0.6 is 0 Å². The lowest BCUT2D eigenvalue weighted by Crippen LogP contribution is -2.35. The summed E-state index contributed by atoms with van der Waals surface area (Å²) in [4.78, 5) is 8.97. The van der Waals surface area contributed by atoms with Crippen LogP contribution in [-0.4, -0.2) is 15.5 Å².